The van der Waals surface area contributed by atoms with Crippen LogP contribution in [0.1, 0.15) is 19.7 Å². The molecule has 1 aromatic heterocycles. The molecule has 1 aromatic carbocycles. The molecule has 0 aliphatic carbocycles. The van der Waals surface area contributed by atoms with E-state index in [1.165, 1.54) is 0 Å². The lowest BCUT2D eigenvalue weighted by Gasteiger charge is -2.21. The highest BCUT2D eigenvalue weighted by molar-refractivity contribution is 5.88. The van der Waals surface area contributed by atoms with E-state index in [0.29, 0.717) is 0 Å². The SMILES string of the molecule is CCN(CC)C1=Nc2ccccc2-n2ccnc2C1. The molecule has 2 aromatic rings. The fourth-order valence-electron chi connectivity index (χ4n) is 2.54. The number of benzene rings is 1. The number of hydrogen-bond donors (Lipinski definition) is 0. The molecule has 0 fully saturated rings. The Morgan fingerprint density at radius 2 is 2.00 bits per heavy atom. The summed E-state index contributed by atoms with van der Waals surface area (Å²) in [6, 6.07) is 8.23. The zero-order valence-corrected chi connectivity index (χ0v) is 11.4. The number of amidine groups is 1. The molecule has 4 nitrogen and oxygen atoms in total. The predicted molar refractivity (Wildman–Crippen MR) is 77.3 cm³/mol. The Bertz CT molecular complexity index is 608. The molecule has 0 spiro atoms. The Morgan fingerprint density at radius 1 is 1.21 bits per heavy atom. The number of rotatable bonds is 2. The third kappa shape index (κ3) is 2.03. The third-order valence-corrected chi connectivity index (χ3v) is 3.55. The topological polar surface area (TPSA) is 33.4 Å². The van der Waals surface area contributed by atoms with Crippen LogP contribution in [0.25, 0.3) is 5.69 Å². The number of likely N-dealkylation sites (N-methyl/N-ethyl adjacent to an activating group) is 1. The van der Waals surface area contributed by atoms with Crippen LogP contribution in [0, 0.1) is 0 Å². The van der Waals surface area contributed by atoms with Gasteiger partial charge in [-0.1, -0.05) is 12.1 Å². The van der Waals surface area contributed by atoms with E-state index in [9.17, 15) is 0 Å². The number of fused-ring (bicyclic) bond motifs is 3. The van der Waals surface area contributed by atoms with Crippen molar-refractivity contribution in [1.82, 2.24) is 14.5 Å². The maximum atomic E-state index is 4.85. The lowest BCUT2D eigenvalue weighted by atomic mass is 10.2. The van der Waals surface area contributed by atoms with Gasteiger partial charge in [0.25, 0.3) is 0 Å². The Balaban J connectivity index is 2.16. The summed E-state index contributed by atoms with van der Waals surface area (Å²) in [6.07, 6.45) is 4.65. The van der Waals surface area contributed by atoms with Crippen LogP contribution in [0.4, 0.5) is 5.69 Å². The van der Waals surface area contributed by atoms with Crippen molar-refractivity contribution in [3.8, 4) is 5.69 Å². The highest BCUT2D eigenvalue weighted by atomic mass is 15.2. The van der Waals surface area contributed by atoms with Gasteiger partial charge in [0, 0.05) is 25.5 Å². The van der Waals surface area contributed by atoms with Crippen molar-refractivity contribution in [1.29, 1.82) is 0 Å². The Labute approximate surface area is 113 Å². The summed E-state index contributed by atoms with van der Waals surface area (Å²) in [5, 5.41) is 0. The Hall–Kier alpha value is -2.10. The van der Waals surface area contributed by atoms with E-state index < -0.39 is 0 Å². The average Bonchev–Trinajstić information content (AvgIpc) is 2.83. The van der Waals surface area contributed by atoms with Crippen molar-refractivity contribution in [2.75, 3.05) is 13.1 Å². The van der Waals surface area contributed by atoms with Gasteiger partial charge in [-0.2, -0.15) is 0 Å². The minimum atomic E-state index is 0.781. The van der Waals surface area contributed by atoms with Crippen LogP contribution in [-0.2, 0) is 6.42 Å². The molecule has 3 rings (SSSR count). The largest absolute Gasteiger partial charge is 0.360 e. The van der Waals surface area contributed by atoms with Crippen LogP contribution in [0.5, 0.6) is 0 Å². The first-order chi connectivity index (χ1) is 9.33. The lowest BCUT2D eigenvalue weighted by Crippen LogP contribution is -2.32. The molecular weight excluding hydrogens is 236 g/mol. The first kappa shape index (κ1) is 12.0. The molecule has 2 heterocycles. The van der Waals surface area contributed by atoms with Crippen LogP contribution in [-0.4, -0.2) is 33.4 Å². The summed E-state index contributed by atoms with van der Waals surface area (Å²) < 4.78 is 2.13. The molecule has 98 valence electrons. The van der Waals surface area contributed by atoms with E-state index in [-0.39, 0.29) is 0 Å². The van der Waals surface area contributed by atoms with E-state index in [1.807, 2.05) is 24.5 Å². The highest BCUT2D eigenvalue weighted by Crippen LogP contribution is 2.28. The quantitative estimate of drug-likeness (QED) is 0.825. The molecule has 0 atom stereocenters. The van der Waals surface area contributed by atoms with Gasteiger partial charge in [-0.15, -0.1) is 0 Å². The molecule has 0 amide bonds. The normalized spacial score (nSPS) is 13.3. The van der Waals surface area contributed by atoms with Gasteiger partial charge in [0.15, 0.2) is 0 Å². The average molecular weight is 254 g/mol. The van der Waals surface area contributed by atoms with Crippen molar-refractivity contribution in [3.05, 3.63) is 42.5 Å². The van der Waals surface area contributed by atoms with Gasteiger partial charge < -0.3 is 9.47 Å². The van der Waals surface area contributed by atoms with Gasteiger partial charge in [-0.05, 0) is 26.0 Å². The summed E-state index contributed by atoms with van der Waals surface area (Å²) in [4.78, 5) is 11.6. The molecule has 1 aliphatic rings. The van der Waals surface area contributed by atoms with Gasteiger partial charge in [0.05, 0.1) is 17.8 Å². The second kappa shape index (κ2) is 4.88. The standard InChI is InChI=1S/C15H18N4/c1-3-18(4-2)15-11-14-16-9-10-19(14)13-8-6-5-7-12(13)17-15/h5-10H,3-4,11H2,1-2H3. The van der Waals surface area contributed by atoms with Crippen molar-refractivity contribution >= 4 is 11.5 Å². The molecule has 19 heavy (non-hydrogen) atoms. The van der Waals surface area contributed by atoms with Crippen molar-refractivity contribution in [3.63, 3.8) is 0 Å². The van der Waals surface area contributed by atoms with Crippen LogP contribution in [0.2, 0.25) is 0 Å². The van der Waals surface area contributed by atoms with Gasteiger partial charge in [0.1, 0.15) is 11.7 Å². The number of imidazole rings is 1. The number of nitrogens with zero attached hydrogens (tertiary/aromatic N) is 4. The minimum absolute atomic E-state index is 0.781. The second-order valence-electron chi connectivity index (χ2n) is 4.58. The molecule has 4 heteroatoms. The molecule has 0 saturated carbocycles. The molecule has 0 N–H and O–H groups in total. The van der Waals surface area contributed by atoms with E-state index in [0.717, 1.165) is 42.5 Å². The smallest absolute Gasteiger partial charge is 0.120 e. The number of para-hydroxylation sites is 2. The van der Waals surface area contributed by atoms with Gasteiger partial charge in [-0.3, -0.25) is 0 Å². The van der Waals surface area contributed by atoms with Crippen LogP contribution in [0.3, 0.4) is 0 Å². The van der Waals surface area contributed by atoms with Crippen molar-refractivity contribution in [2.24, 2.45) is 4.99 Å². The summed E-state index contributed by atoms with van der Waals surface area (Å²) in [5.74, 6) is 2.15. The fraction of sp³-hybridized carbons (Fsp3) is 0.333. The van der Waals surface area contributed by atoms with Crippen molar-refractivity contribution < 1.29 is 0 Å². The number of aromatic nitrogens is 2. The maximum absolute atomic E-state index is 4.85. The zero-order chi connectivity index (χ0) is 13.2. The number of aliphatic imine (C=N–C) groups is 1. The fourth-order valence-corrected chi connectivity index (χ4v) is 2.54. The molecular formula is C15H18N4. The molecule has 0 bridgehead atoms. The van der Waals surface area contributed by atoms with Crippen LogP contribution >= 0.6 is 0 Å². The van der Waals surface area contributed by atoms with E-state index in [2.05, 4.69) is 40.4 Å². The van der Waals surface area contributed by atoms with Gasteiger partial charge in [0.2, 0.25) is 0 Å². The van der Waals surface area contributed by atoms with Crippen molar-refractivity contribution in [2.45, 2.75) is 20.3 Å². The molecule has 1 aliphatic heterocycles. The maximum Gasteiger partial charge on any atom is 0.120 e. The minimum Gasteiger partial charge on any atom is -0.360 e. The van der Waals surface area contributed by atoms with E-state index in [1.54, 1.807) is 0 Å². The summed E-state index contributed by atoms with van der Waals surface area (Å²) in [5.41, 5.74) is 2.12. The highest BCUT2D eigenvalue weighted by Gasteiger charge is 2.18. The summed E-state index contributed by atoms with van der Waals surface area (Å²) >= 11 is 0. The second-order valence-corrected chi connectivity index (χ2v) is 4.58. The number of hydrogen-bond acceptors (Lipinski definition) is 3. The van der Waals surface area contributed by atoms with Crippen LogP contribution in [0.15, 0.2) is 41.7 Å². The van der Waals surface area contributed by atoms with E-state index in [4.69, 9.17) is 4.99 Å². The lowest BCUT2D eigenvalue weighted by molar-refractivity contribution is 0.457. The molecule has 0 radical (unpaired) electrons. The Kier molecular flexibility index (Phi) is 3.07. The molecule has 0 unspecified atom stereocenters. The summed E-state index contributed by atoms with van der Waals surface area (Å²) in [6.45, 7) is 6.26. The first-order valence-corrected chi connectivity index (χ1v) is 6.77. The monoisotopic (exact) mass is 254 g/mol. The first-order valence-electron chi connectivity index (χ1n) is 6.77. The van der Waals surface area contributed by atoms with Crippen LogP contribution < -0.4 is 0 Å². The zero-order valence-electron chi connectivity index (χ0n) is 11.4. The molecule has 0 saturated heterocycles. The predicted octanol–water partition coefficient (Wildman–Crippen LogP) is 2.80. The third-order valence-electron chi connectivity index (χ3n) is 3.55. The summed E-state index contributed by atoms with van der Waals surface area (Å²) in [7, 11) is 0. The van der Waals surface area contributed by atoms with Gasteiger partial charge >= 0.3 is 0 Å². The van der Waals surface area contributed by atoms with E-state index >= 15 is 0 Å². The Morgan fingerprint density at radius 3 is 2.79 bits per heavy atom. The van der Waals surface area contributed by atoms with Gasteiger partial charge in [-0.25, -0.2) is 9.98 Å².